The van der Waals surface area contributed by atoms with Gasteiger partial charge in [-0.25, -0.2) is 0 Å². The van der Waals surface area contributed by atoms with Crippen molar-refractivity contribution in [2.24, 2.45) is 0 Å². The number of hydrogen-bond donors (Lipinski definition) is 0. The molecule has 0 aliphatic heterocycles. The number of benzene rings is 11. The minimum absolute atomic E-state index is 0.142. The van der Waals surface area contributed by atoms with Crippen molar-refractivity contribution in [1.29, 1.82) is 0 Å². The Kier molecular flexibility index (Phi) is 7.59. The van der Waals surface area contributed by atoms with Gasteiger partial charge in [-0.15, -0.1) is 0 Å². The van der Waals surface area contributed by atoms with Gasteiger partial charge in [-0.05, 0) is 0 Å². The molecule has 11 aromatic carbocycles. The van der Waals surface area contributed by atoms with Crippen LogP contribution < -0.4 is 0 Å². The summed E-state index contributed by atoms with van der Waals surface area (Å²) in [4.78, 5) is 0. The average molecular weight is 842 g/mol. The van der Waals surface area contributed by atoms with E-state index in [4.69, 9.17) is 0 Å². The number of hydrogen-bond acceptors (Lipinski definition) is 1. The normalized spacial score (nSPS) is 12.0. The van der Waals surface area contributed by atoms with E-state index in [1.54, 1.807) is 0 Å². The molecule has 0 saturated carbocycles. The summed E-state index contributed by atoms with van der Waals surface area (Å²) in [5, 5.41) is 15.8. The first-order chi connectivity index (χ1) is 29.8. The Morgan fingerprint density at radius 3 is 1.35 bits per heavy atom. The Bertz CT molecular complexity index is 3770. The van der Waals surface area contributed by atoms with Crippen LogP contribution in [0.25, 0.3) is 127 Å². The standard InChI is InChI=1S/C58H34SSe/c1-2-16-35(17-3-1)53-37-18-4-6-20-39(37)54(40-21-7-5-19-38(40)53)36-32-33-52-49(34-36)45-27-14-29-48(58(45)60-52)56-43-24-10-8-22-41(43)55(42-23-9-11-25-44(42)56)47-28-15-31-51-57(47)46-26-12-13-30-50(46)59-51/h1-34H. The molecule has 0 aliphatic rings. The summed E-state index contributed by atoms with van der Waals surface area (Å²) in [6.07, 6.45) is 0. The molecule has 278 valence electrons. The monoisotopic (exact) mass is 842 g/mol. The van der Waals surface area contributed by atoms with Crippen LogP contribution in [-0.2, 0) is 0 Å². The molecule has 0 unspecified atom stereocenters. The molecule has 0 radical (unpaired) electrons. The van der Waals surface area contributed by atoms with Gasteiger partial charge < -0.3 is 0 Å². The average Bonchev–Trinajstić information content (AvgIpc) is 3.89. The van der Waals surface area contributed by atoms with Gasteiger partial charge in [-0.2, -0.15) is 0 Å². The second-order valence-corrected chi connectivity index (χ2v) is 19.1. The molecule has 2 aromatic heterocycles. The van der Waals surface area contributed by atoms with Gasteiger partial charge >= 0.3 is 359 Å². The van der Waals surface area contributed by atoms with Gasteiger partial charge in [-0.1, -0.05) is 0 Å². The van der Waals surface area contributed by atoms with E-state index in [0.29, 0.717) is 0 Å². The van der Waals surface area contributed by atoms with Crippen molar-refractivity contribution < 1.29 is 0 Å². The fourth-order valence-corrected chi connectivity index (χ4v) is 13.9. The molecule has 2 heterocycles. The molecule has 0 amide bonds. The summed E-state index contributed by atoms with van der Waals surface area (Å²) in [5.41, 5.74) is 10.5. The number of thiophene rings is 1. The van der Waals surface area contributed by atoms with Crippen molar-refractivity contribution in [1.82, 2.24) is 0 Å². The Balaban J connectivity index is 1.06. The van der Waals surface area contributed by atoms with Gasteiger partial charge in [0, 0.05) is 0 Å². The van der Waals surface area contributed by atoms with Crippen LogP contribution in [0, 0.1) is 0 Å². The van der Waals surface area contributed by atoms with Gasteiger partial charge in [0.1, 0.15) is 0 Å². The molecule has 0 aliphatic carbocycles. The van der Waals surface area contributed by atoms with Crippen molar-refractivity contribution in [2.45, 2.75) is 0 Å². The Morgan fingerprint density at radius 2 is 0.733 bits per heavy atom. The Morgan fingerprint density at radius 1 is 0.283 bits per heavy atom. The van der Waals surface area contributed by atoms with Gasteiger partial charge in [0.15, 0.2) is 0 Å². The molecule has 0 saturated heterocycles. The summed E-state index contributed by atoms with van der Waals surface area (Å²) in [5.74, 6) is 0. The van der Waals surface area contributed by atoms with Crippen LogP contribution in [0.4, 0.5) is 0 Å². The van der Waals surface area contributed by atoms with E-state index in [1.807, 2.05) is 11.3 Å². The topological polar surface area (TPSA) is 0 Å². The van der Waals surface area contributed by atoms with E-state index in [0.717, 1.165) is 0 Å². The molecule has 0 atom stereocenters. The molecule has 0 N–H and O–H groups in total. The summed E-state index contributed by atoms with van der Waals surface area (Å²) >= 11 is 2.03. The zero-order valence-electron chi connectivity index (χ0n) is 32.4. The van der Waals surface area contributed by atoms with Crippen molar-refractivity contribution in [3.63, 3.8) is 0 Å². The number of rotatable bonds is 4. The third-order valence-electron chi connectivity index (χ3n) is 12.7. The van der Waals surface area contributed by atoms with Gasteiger partial charge in [0.2, 0.25) is 0 Å². The van der Waals surface area contributed by atoms with Crippen molar-refractivity contribution in [2.75, 3.05) is 0 Å². The van der Waals surface area contributed by atoms with Gasteiger partial charge in [0.25, 0.3) is 0 Å². The fraction of sp³-hybridized carbons (Fsp3) is 0. The number of fused-ring (bicyclic) bond motifs is 10. The molecule has 0 bridgehead atoms. The molecular weight excluding hydrogens is 808 g/mol. The molecule has 0 nitrogen and oxygen atoms in total. The van der Waals surface area contributed by atoms with Gasteiger partial charge in [-0.3, -0.25) is 0 Å². The van der Waals surface area contributed by atoms with Crippen molar-refractivity contribution in [3.05, 3.63) is 206 Å². The van der Waals surface area contributed by atoms with Gasteiger partial charge in [0.05, 0.1) is 0 Å². The van der Waals surface area contributed by atoms with Crippen LogP contribution in [0.2, 0.25) is 0 Å². The van der Waals surface area contributed by atoms with Crippen LogP contribution >= 0.6 is 11.3 Å². The molecule has 13 aromatic rings. The summed E-state index contributed by atoms with van der Waals surface area (Å²) < 4.78 is 5.59. The third-order valence-corrected chi connectivity index (χ3v) is 16.3. The van der Waals surface area contributed by atoms with E-state index >= 15 is 0 Å². The quantitative estimate of drug-likeness (QED) is 0.122. The minimum atomic E-state index is 0.142. The van der Waals surface area contributed by atoms with E-state index in [2.05, 4.69) is 206 Å². The predicted octanol–water partition coefficient (Wildman–Crippen LogP) is 16.7. The first kappa shape index (κ1) is 34.1. The first-order valence-electron chi connectivity index (χ1n) is 20.6. The van der Waals surface area contributed by atoms with E-state index in [-0.39, 0.29) is 14.5 Å². The third kappa shape index (κ3) is 4.97. The molecule has 13 rings (SSSR count). The maximum atomic E-state index is 2.49. The van der Waals surface area contributed by atoms with Crippen molar-refractivity contribution in [3.8, 4) is 44.5 Å². The van der Waals surface area contributed by atoms with Crippen LogP contribution in [0.1, 0.15) is 0 Å². The molecular formula is C58H34SSe. The first-order valence-corrected chi connectivity index (χ1v) is 23.1. The summed E-state index contributed by atoms with van der Waals surface area (Å²) in [7, 11) is 0. The molecule has 0 fully saturated rings. The maximum absolute atomic E-state index is 2.49. The zero-order valence-corrected chi connectivity index (χ0v) is 35.0. The van der Waals surface area contributed by atoms with E-state index < -0.39 is 0 Å². The second-order valence-electron chi connectivity index (χ2n) is 15.8. The van der Waals surface area contributed by atoms with E-state index in [1.165, 1.54) is 127 Å². The molecule has 0 spiro atoms. The van der Waals surface area contributed by atoms with E-state index in [9.17, 15) is 0 Å². The van der Waals surface area contributed by atoms with Crippen LogP contribution in [0.15, 0.2) is 206 Å². The van der Waals surface area contributed by atoms with Crippen LogP contribution in [-0.4, -0.2) is 14.5 Å². The summed E-state index contributed by atoms with van der Waals surface area (Å²) in [6.45, 7) is 0. The molecule has 2 heteroatoms. The Labute approximate surface area is 357 Å². The SMILES string of the molecule is c1ccc(-c2c3ccccc3c(-c3ccc4[se]c5c(-c6c7ccccc7c(-c7cccc8sc9ccccc9c78)c7ccccc67)cccc5c4c3)c3ccccc23)cc1. The zero-order chi connectivity index (χ0) is 39.3. The molecule has 60 heavy (non-hydrogen) atoms. The fourth-order valence-electron chi connectivity index (χ4n) is 10.2. The predicted molar refractivity (Wildman–Crippen MR) is 263 cm³/mol. The Hall–Kier alpha value is -6.80. The van der Waals surface area contributed by atoms with Crippen LogP contribution in [0.3, 0.4) is 0 Å². The second kappa shape index (κ2) is 13.4. The van der Waals surface area contributed by atoms with Crippen molar-refractivity contribution >= 4 is 108 Å². The summed E-state index contributed by atoms with van der Waals surface area (Å²) in [6, 6.07) is 77.2. The van der Waals surface area contributed by atoms with Crippen LogP contribution in [0.5, 0.6) is 0 Å².